The summed E-state index contributed by atoms with van der Waals surface area (Å²) in [5, 5.41) is 12.1. The Bertz CT molecular complexity index is 1490. The fourth-order valence-electron chi connectivity index (χ4n) is 3.66. The summed E-state index contributed by atoms with van der Waals surface area (Å²) in [6.45, 7) is 1.73. The Kier molecular flexibility index (Phi) is 9.60. The number of nitrogens with one attached hydrogen (secondary N) is 1. The predicted octanol–water partition coefficient (Wildman–Crippen LogP) is 5.76. The first-order valence-electron chi connectivity index (χ1n) is 12.0. The summed E-state index contributed by atoms with van der Waals surface area (Å²) in [6, 6.07) is 11.8. The third-order valence-electron chi connectivity index (χ3n) is 5.75. The van der Waals surface area contributed by atoms with Gasteiger partial charge in [-0.05, 0) is 54.4 Å². The minimum absolute atomic E-state index is 0.151. The number of carboxylic acids is 1. The second-order valence-electron chi connectivity index (χ2n) is 8.65. The van der Waals surface area contributed by atoms with Crippen molar-refractivity contribution in [1.82, 2.24) is 0 Å². The summed E-state index contributed by atoms with van der Waals surface area (Å²) in [5.74, 6) is -6.58. The van der Waals surface area contributed by atoms with Crippen LogP contribution in [0.15, 0.2) is 72.8 Å². The molecule has 0 fully saturated rings. The number of hydrogen-bond donors (Lipinski definition) is 2. The van der Waals surface area contributed by atoms with Crippen LogP contribution in [0.5, 0.6) is 0 Å². The van der Waals surface area contributed by atoms with Crippen molar-refractivity contribution in [1.29, 1.82) is 0 Å². The van der Waals surface area contributed by atoms with Gasteiger partial charge in [-0.15, -0.1) is 0 Å². The summed E-state index contributed by atoms with van der Waals surface area (Å²) in [4.78, 5) is 50.9. The zero-order valence-corrected chi connectivity index (χ0v) is 21.5. The molecule has 0 radical (unpaired) electrons. The Morgan fingerprint density at radius 2 is 1.21 bits per heavy atom. The number of aliphatic carboxylic acids is 1. The number of ether oxygens (including phenoxy) is 2. The van der Waals surface area contributed by atoms with E-state index in [1.54, 1.807) is 19.1 Å². The molecule has 0 bridgehead atoms. The van der Waals surface area contributed by atoms with Crippen LogP contribution < -0.4 is 5.32 Å². The fraction of sp³-hybridized carbons (Fsp3) is 0.214. The van der Waals surface area contributed by atoms with E-state index in [0.29, 0.717) is 36.2 Å². The van der Waals surface area contributed by atoms with E-state index >= 15 is 0 Å². The van der Waals surface area contributed by atoms with Gasteiger partial charge in [0.25, 0.3) is 5.91 Å². The normalized spacial score (nSPS) is 13.0. The SMILES string of the molecule is CCc1ccccc1NC(=O)[C@@H](OC(=O)c1cccc(C(F)(F)F)c1)[C@@H](OC(=O)c1cccc(C(F)(F)F)c1)C(=O)O. The molecular formula is C28H21F6NO7. The topological polar surface area (TPSA) is 119 Å². The Morgan fingerprint density at radius 3 is 1.67 bits per heavy atom. The van der Waals surface area contributed by atoms with Gasteiger partial charge < -0.3 is 19.9 Å². The van der Waals surface area contributed by atoms with Gasteiger partial charge in [-0.3, -0.25) is 4.79 Å². The Morgan fingerprint density at radius 1 is 0.738 bits per heavy atom. The molecule has 0 spiro atoms. The van der Waals surface area contributed by atoms with Gasteiger partial charge in [0.1, 0.15) is 0 Å². The van der Waals surface area contributed by atoms with Gasteiger partial charge in [-0.1, -0.05) is 37.3 Å². The zero-order chi connectivity index (χ0) is 31.2. The number of carboxylic acid groups (broad SMARTS) is 1. The van der Waals surface area contributed by atoms with E-state index in [9.17, 15) is 50.6 Å². The number of rotatable bonds is 9. The van der Waals surface area contributed by atoms with Gasteiger partial charge in [-0.25, -0.2) is 14.4 Å². The average Bonchev–Trinajstić information content (AvgIpc) is 2.94. The molecule has 0 aromatic heterocycles. The number of anilines is 1. The maximum absolute atomic E-state index is 13.3. The Hall–Kier alpha value is -4.88. The van der Waals surface area contributed by atoms with Gasteiger partial charge in [-0.2, -0.15) is 26.3 Å². The number of carbonyl (C=O) groups excluding carboxylic acids is 3. The van der Waals surface area contributed by atoms with E-state index in [0.717, 1.165) is 24.3 Å². The van der Waals surface area contributed by atoms with Crippen LogP contribution in [0.25, 0.3) is 0 Å². The number of hydrogen-bond acceptors (Lipinski definition) is 6. The lowest BCUT2D eigenvalue weighted by molar-refractivity contribution is -0.157. The monoisotopic (exact) mass is 597 g/mol. The highest BCUT2D eigenvalue weighted by atomic mass is 19.4. The molecule has 8 nitrogen and oxygen atoms in total. The lowest BCUT2D eigenvalue weighted by Gasteiger charge is -2.24. The average molecular weight is 597 g/mol. The first-order chi connectivity index (χ1) is 19.6. The van der Waals surface area contributed by atoms with Crippen LogP contribution >= 0.6 is 0 Å². The van der Waals surface area contributed by atoms with Crippen molar-refractivity contribution in [3.63, 3.8) is 0 Å². The summed E-state index contributed by atoms with van der Waals surface area (Å²) >= 11 is 0. The minimum Gasteiger partial charge on any atom is -0.478 e. The van der Waals surface area contributed by atoms with Crippen molar-refractivity contribution >= 4 is 29.5 Å². The number of amides is 1. The largest absolute Gasteiger partial charge is 0.478 e. The molecule has 42 heavy (non-hydrogen) atoms. The quantitative estimate of drug-likeness (QED) is 0.238. The molecule has 3 aromatic rings. The first kappa shape index (κ1) is 31.6. The molecule has 0 aliphatic rings. The highest BCUT2D eigenvalue weighted by molar-refractivity contribution is 6.02. The van der Waals surface area contributed by atoms with E-state index in [-0.39, 0.29) is 5.69 Å². The number of esters is 2. The van der Waals surface area contributed by atoms with Crippen LogP contribution in [0.1, 0.15) is 44.3 Å². The van der Waals surface area contributed by atoms with Crippen LogP contribution in [0.2, 0.25) is 0 Å². The van der Waals surface area contributed by atoms with Gasteiger partial charge in [0.2, 0.25) is 12.2 Å². The number of para-hydroxylation sites is 1. The van der Waals surface area contributed by atoms with Crippen LogP contribution in [0.3, 0.4) is 0 Å². The molecule has 2 atom stereocenters. The molecular weight excluding hydrogens is 576 g/mol. The van der Waals surface area contributed by atoms with Gasteiger partial charge in [0.15, 0.2) is 0 Å². The highest BCUT2D eigenvalue weighted by Gasteiger charge is 2.42. The van der Waals surface area contributed by atoms with E-state index in [1.807, 2.05) is 0 Å². The maximum Gasteiger partial charge on any atom is 0.416 e. The van der Waals surface area contributed by atoms with Crippen LogP contribution in [-0.2, 0) is 37.8 Å². The molecule has 2 N–H and O–H groups in total. The molecule has 3 rings (SSSR count). The molecule has 0 saturated carbocycles. The van der Waals surface area contributed by atoms with Gasteiger partial charge in [0, 0.05) is 5.69 Å². The first-order valence-corrected chi connectivity index (χ1v) is 12.0. The van der Waals surface area contributed by atoms with Crippen molar-refractivity contribution in [3.05, 3.63) is 101 Å². The van der Waals surface area contributed by atoms with Crippen molar-refractivity contribution in [2.45, 2.75) is 37.9 Å². The lowest BCUT2D eigenvalue weighted by atomic mass is 10.1. The molecule has 0 heterocycles. The number of carbonyl (C=O) groups is 4. The van der Waals surface area contributed by atoms with Crippen molar-refractivity contribution in [2.24, 2.45) is 0 Å². The van der Waals surface area contributed by atoms with E-state index in [4.69, 9.17) is 9.47 Å². The maximum atomic E-state index is 13.3. The lowest BCUT2D eigenvalue weighted by Crippen LogP contribution is -2.48. The third-order valence-corrected chi connectivity index (χ3v) is 5.75. The Balaban J connectivity index is 1.99. The molecule has 14 heteroatoms. The van der Waals surface area contributed by atoms with E-state index in [1.165, 1.54) is 12.1 Å². The standard InChI is InChI=1S/C28H21F6NO7/c1-2-15-7-3-4-12-20(15)35-23(36)21(41-25(39)16-8-5-10-18(13-16)27(29,30)31)22(24(37)38)42-26(40)17-9-6-11-19(14-17)28(32,33)34/h3-14,21-22H,2H2,1H3,(H,35,36)(H,37,38)/t21-,22+/m0/s1. The number of benzene rings is 3. The van der Waals surface area contributed by atoms with E-state index < -0.39 is 70.6 Å². The van der Waals surface area contributed by atoms with Crippen LogP contribution in [0.4, 0.5) is 32.0 Å². The van der Waals surface area contributed by atoms with Gasteiger partial charge >= 0.3 is 30.3 Å². The summed E-state index contributed by atoms with van der Waals surface area (Å²) < 4.78 is 88.6. The predicted molar refractivity (Wildman–Crippen MR) is 133 cm³/mol. The molecule has 0 saturated heterocycles. The number of aryl methyl sites for hydroxylation is 1. The second-order valence-corrected chi connectivity index (χ2v) is 8.65. The molecule has 0 unspecified atom stereocenters. The third kappa shape index (κ3) is 7.86. The number of alkyl halides is 6. The molecule has 3 aromatic carbocycles. The second kappa shape index (κ2) is 12.7. The van der Waals surface area contributed by atoms with E-state index in [2.05, 4.69) is 5.32 Å². The number of halogens is 6. The molecule has 0 aliphatic carbocycles. The Labute approximate surface area is 233 Å². The van der Waals surface area contributed by atoms with Crippen molar-refractivity contribution in [2.75, 3.05) is 5.32 Å². The summed E-state index contributed by atoms with van der Waals surface area (Å²) in [6.07, 6.45) is -14.5. The summed E-state index contributed by atoms with van der Waals surface area (Å²) in [7, 11) is 0. The van der Waals surface area contributed by atoms with Crippen molar-refractivity contribution in [3.8, 4) is 0 Å². The molecule has 1 amide bonds. The summed E-state index contributed by atoms with van der Waals surface area (Å²) in [5.41, 5.74) is -3.26. The van der Waals surface area contributed by atoms with Crippen LogP contribution in [0, 0.1) is 0 Å². The van der Waals surface area contributed by atoms with Crippen LogP contribution in [-0.4, -0.2) is 41.1 Å². The molecule has 222 valence electrons. The van der Waals surface area contributed by atoms with Gasteiger partial charge in [0.05, 0.1) is 22.3 Å². The van der Waals surface area contributed by atoms with Crippen molar-refractivity contribution < 1.29 is 60.1 Å². The minimum atomic E-state index is -4.86. The zero-order valence-electron chi connectivity index (χ0n) is 21.5. The highest BCUT2D eigenvalue weighted by Crippen LogP contribution is 2.31. The molecule has 0 aliphatic heterocycles. The fourth-order valence-corrected chi connectivity index (χ4v) is 3.66. The smallest absolute Gasteiger partial charge is 0.416 e.